The van der Waals surface area contributed by atoms with Crippen molar-refractivity contribution in [2.75, 3.05) is 0 Å². The summed E-state index contributed by atoms with van der Waals surface area (Å²) in [6.07, 6.45) is 28.8. The van der Waals surface area contributed by atoms with Crippen molar-refractivity contribution in [2.45, 2.75) is 187 Å². The molecule has 6 aromatic carbocycles. The average Bonchev–Trinajstić information content (AvgIpc) is 3.51. The van der Waals surface area contributed by atoms with Gasteiger partial charge in [-0.2, -0.15) is 0 Å². The summed E-state index contributed by atoms with van der Waals surface area (Å²) in [6, 6.07) is 44.3. The molecule has 0 heteroatoms. The smallest absolute Gasteiger partial charge is 0.0619 e. The van der Waals surface area contributed by atoms with E-state index in [1.807, 2.05) is 0 Å². The summed E-state index contributed by atoms with van der Waals surface area (Å²) in [5, 5.41) is 0. The lowest BCUT2D eigenvalue weighted by atomic mass is 9.52. The van der Waals surface area contributed by atoms with Crippen molar-refractivity contribution >= 4 is 0 Å². The van der Waals surface area contributed by atoms with E-state index >= 15 is 0 Å². The lowest BCUT2D eigenvalue weighted by Gasteiger charge is -2.49. The van der Waals surface area contributed by atoms with E-state index in [0.29, 0.717) is 23.7 Å². The predicted octanol–water partition coefficient (Wildman–Crippen LogP) is 18.3. The molecule has 74 heavy (non-hydrogen) atoms. The van der Waals surface area contributed by atoms with Gasteiger partial charge in [-0.3, -0.25) is 0 Å². The third kappa shape index (κ3) is 4.76. The van der Waals surface area contributed by atoms with Gasteiger partial charge in [0.15, 0.2) is 0 Å². The summed E-state index contributed by atoms with van der Waals surface area (Å²) in [7, 11) is 0. The van der Waals surface area contributed by atoms with Crippen LogP contribution in [0.5, 0.6) is 0 Å². The zero-order chi connectivity index (χ0) is 47.2. The van der Waals surface area contributed by atoms with E-state index in [-0.39, 0.29) is 10.8 Å². The van der Waals surface area contributed by atoms with Gasteiger partial charge in [0.2, 0.25) is 0 Å². The highest BCUT2D eigenvalue weighted by atomic mass is 14.6. The molecule has 2 spiro atoms. The normalized spacial score (nSPS) is 41.6. The van der Waals surface area contributed by atoms with Gasteiger partial charge in [0.1, 0.15) is 0 Å². The molecule has 0 nitrogen and oxygen atoms in total. The number of rotatable bonds is 0. The lowest BCUT2D eigenvalue weighted by molar-refractivity contribution is 0.165. The molecule has 8 saturated carbocycles. The van der Waals surface area contributed by atoms with Crippen LogP contribution in [0.3, 0.4) is 0 Å². The Morgan fingerprint density at radius 1 is 0.203 bits per heavy atom. The summed E-state index contributed by atoms with van der Waals surface area (Å²) in [4.78, 5) is 0. The van der Waals surface area contributed by atoms with Gasteiger partial charge in [-0.1, -0.05) is 97.1 Å². The molecular weight excluding hydrogens is 889 g/mol. The van der Waals surface area contributed by atoms with E-state index in [0.717, 1.165) is 71.0 Å². The van der Waals surface area contributed by atoms with Crippen LogP contribution in [-0.2, 0) is 10.8 Å². The summed E-state index contributed by atoms with van der Waals surface area (Å²) >= 11 is 0. The lowest BCUT2D eigenvalue weighted by Crippen LogP contribution is -2.44. The standard InChI is InChI=1S/C74H72/c1-2-6-66-65(5-1)73(69-33-57-49-21-37-9-38(22-49)14-45(13-37)53(57)29-61(69)62-30-54-46-15-39-10-40(16-46)24-50(23-39)58(54)34-70(62)73)67-7-3-4-8-68(67)74(66)71-35-59-51-25-41-11-42(26-51)18-47(17-41)55(59)31-63(71)64-32-56-48-19-43-12-44(20-48)28-52(27-43)60(56)36-72(64)74/h1-8,29-52H,9-28H2. The van der Waals surface area contributed by atoms with Gasteiger partial charge in [-0.25, -0.2) is 0 Å². The first kappa shape index (κ1) is 40.6. The van der Waals surface area contributed by atoms with Crippen LogP contribution in [0.1, 0.15) is 265 Å². The second-order valence-electron chi connectivity index (χ2n) is 29.9. The zero-order valence-electron chi connectivity index (χ0n) is 43.6. The van der Waals surface area contributed by atoms with Gasteiger partial charge in [0, 0.05) is 0 Å². The van der Waals surface area contributed by atoms with E-state index < -0.39 is 0 Å². The largest absolute Gasteiger partial charge is 0.0720 e. The number of hydrogen-bond donors (Lipinski definition) is 0. The summed E-state index contributed by atoms with van der Waals surface area (Å²) in [6.45, 7) is 0. The maximum absolute atomic E-state index is 2.96. The Balaban J connectivity index is 0.887. The molecule has 0 radical (unpaired) electrons. The molecule has 0 saturated heterocycles. The SMILES string of the molecule is c1ccc2c(c1)C1(c3cc4c(cc3-c3cc5c(cc31)C1CC3CC(CC5C3)C1)C1CC3CC(C1)CC4C3)c1ccccc1C21c2cc3c(cc2-c2cc4c(cc21)C1CC2CC(CC4C2)C1)C1CC2CC(C1)CC3C2. The average molecular weight is 961 g/mol. The van der Waals surface area contributed by atoms with Crippen molar-refractivity contribution in [3.8, 4) is 22.3 Å². The van der Waals surface area contributed by atoms with E-state index in [2.05, 4.69) is 97.1 Å². The molecule has 25 rings (SSSR count). The van der Waals surface area contributed by atoms with Gasteiger partial charge in [0.25, 0.3) is 0 Å². The van der Waals surface area contributed by atoms with Crippen molar-refractivity contribution in [2.24, 2.45) is 47.3 Å². The summed E-state index contributed by atoms with van der Waals surface area (Å²) < 4.78 is 0. The third-order valence-corrected chi connectivity index (χ3v) is 26.6. The molecule has 19 aliphatic rings. The van der Waals surface area contributed by atoms with Crippen LogP contribution < -0.4 is 0 Å². The minimum atomic E-state index is -0.379. The van der Waals surface area contributed by atoms with Crippen molar-refractivity contribution < 1.29 is 0 Å². The summed E-state index contributed by atoms with van der Waals surface area (Å²) in [5.41, 5.74) is 33.0. The molecule has 8 unspecified atom stereocenters. The first-order valence-electron chi connectivity index (χ1n) is 31.4. The van der Waals surface area contributed by atoms with Gasteiger partial charge in [-0.05, 0) is 334 Å². The molecule has 0 aromatic heterocycles. The molecule has 368 valence electrons. The number of benzene rings is 6. The van der Waals surface area contributed by atoms with Gasteiger partial charge in [-0.15, -0.1) is 0 Å². The molecule has 8 atom stereocenters. The molecule has 16 bridgehead atoms. The van der Waals surface area contributed by atoms with Gasteiger partial charge in [0.05, 0.1) is 10.8 Å². The first-order chi connectivity index (χ1) is 36.5. The van der Waals surface area contributed by atoms with Crippen LogP contribution in [0, 0.1) is 47.3 Å². The molecule has 0 heterocycles. The van der Waals surface area contributed by atoms with Gasteiger partial charge >= 0.3 is 0 Å². The first-order valence-corrected chi connectivity index (χ1v) is 31.4. The van der Waals surface area contributed by atoms with Crippen LogP contribution >= 0.6 is 0 Å². The summed E-state index contributed by atoms with van der Waals surface area (Å²) in [5.74, 6) is 13.1. The fourth-order valence-corrected chi connectivity index (χ4v) is 24.9. The Bertz CT molecular complexity index is 3050. The van der Waals surface area contributed by atoms with Crippen LogP contribution in [0.4, 0.5) is 0 Å². The Hall–Kier alpha value is -4.68. The molecule has 8 fully saturated rings. The number of fused-ring (bicyclic) bond motifs is 16. The van der Waals surface area contributed by atoms with Crippen LogP contribution in [0.15, 0.2) is 97.1 Å². The maximum Gasteiger partial charge on any atom is 0.0720 e. The quantitative estimate of drug-likeness (QED) is 0.142. The monoisotopic (exact) mass is 961 g/mol. The highest BCUT2D eigenvalue weighted by molar-refractivity contribution is 5.95. The van der Waals surface area contributed by atoms with E-state index in [4.69, 9.17) is 0 Å². The van der Waals surface area contributed by atoms with Crippen LogP contribution in [0.25, 0.3) is 22.3 Å². The minimum Gasteiger partial charge on any atom is -0.0619 e. The van der Waals surface area contributed by atoms with Crippen molar-refractivity contribution in [3.63, 3.8) is 0 Å². The predicted molar refractivity (Wildman–Crippen MR) is 297 cm³/mol. The maximum atomic E-state index is 2.96. The van der Waals surface area contributed by atoms with Crippen molar-refractivity contribution in [1.29, 1.82) is 0 Å². The molecular formula is C74H72. The fourth-order valence-electron chi connectivity index (χ4n) is 24.9. The topological polar surface area (TPSA) is 0 Å². The molecule has 0 aliphatic heterocycles. The van der Waals surface area contributed by atoms with E-state index in [1.54, 1.807) is 111 Å². The molecule has 19 aliphatic carbocycles. The second-order valence-corrected chi connectivity index (χ2v) is 29.9. The Labute approximate surface area is 439 Å². The Morgan fingerprint density at radius 2 is 0.378 bits per heavy atom. The zero-order valence-corrected chi connectivity index (χ0v) is 43.6. The van der Waals surface area contributed by atoms with Crippen molar-refractivity contribution in [1.82, 2.24) is 0 Å². The highest BCUT2D eigenvalue weighted by Crippen LogP contribution is 2.72. The molecule has 0 amide bonds. The van der Waals surface area contributed by atoms with Gasteiger partial charge < -0.3 is 0 Å². The highest BCUT2D eigenvalue weighted by Gasteiger charge is 2.61. The third-order valence-electron chi connectivity index (χ3n) is 26.6. The van der Waals surface area contributed by atoms with Crippen LogP contribution in [-0.4, -0.2) is 0 Å². The van der Waals surface area contributed by atoms with E-state index in [1.165, 1.54) is 128 Å². The minimum absolute atomic E-state index is 0.379. The Kier molecular flexibility index (Phi) is 7.41. The fraction of sp³-hybridized carbons (Fsp3) is 0.514. The van der Waals surface area contributed by atoms with E-state index in [9.17, 15) is 0 Å². The molecule has 6 aromatic rings. The number of hydrogen-bond acceptors (Lipinski definition) is 0. The Morgan fingerprint density at radius 3 is 0.568 bits per heavy atom. The van der Waals surface area contributed by atoms with Crippen LogP contribution in [0.2, 0.25) is 0 Å². The second kappa shape index (κ2) is 13.5. The molecule has 0 N–H and O–H groups in total. The van der Waals surface area contributed by atoms with Crippen molar-refractivity contribution in [3.05, 3.63) is 186 Å².